The molecule has 1 unspecified atom stereocenters. The lowest BCUT2D eigenvalue weighted by molar-refractivity contribution is 0.630. The predicted molar refractivity (Wildman–Crippen MR) is 72.0 cm³/mol. The third-order valence-corrected chi connectivity index (χ3v) is 3.68. The molecule has 3 rings (SSSR count). The Balaban J connectivity index is 2.23. The van der Waals surface area contributed by atoms with Gasteiger partial charge in [-0.25, -0.2) is 9.97 Å². The molecule has 0 amide bonds. The van der Waals surface area contributed by atoms with Crippen molar-refractivity contribution in [3.05, 3.63) is 34.2 Å². The first-order chi connectivity index (χ1) is 8.24. The third-order valence-electron chi connectivity index (χ3n) is 3.19. The van der Waals surface area contributed by atoms with Gasteiger partial charge in [-0.1, -0.05) is 15.9 Å². The van der Waals surface area contributed by atoms with Crippen molar-refractivity contribution in [1.82, 2.24) is 15.3 Å². The summed E-state index contributed by atoms with van der Waals surface area (Å²) in [4.78, 5) is 9.12. The smallest absolute Gasteiger partial charge is 0.126 e. The average molecular weight is 292 g/mol. The minimum absolute atomic E-state index is 0.383. The fraction of sp³-hybridized carbons (Fsp3) is 0.385. The van der Waals surface area contributed by atoms with Gasteiger partial charge < -0.3 is 5.32 Å². The molecule has 4 heteroatoms. The van der Waals surface area contributed by atoms with Crippen LogP contribution in [-0.2, 0) is 0 Å². The van der Waals surface area contributed by atoms with Gasteiger partial charge in [0.05, 0.1) is 17.3 Å². The average Bonchev–Trinajstić information content (AvgIpc) is 2.82. The maximum Gasteiger partial charge on any atom is 0.126 e. The summed E-state index contributed by atoms with van der Waals surface area (Å²) in [6, 6.07) is 6.57. The van der Waals surface area contributed by atoms with Crippen molar-refractivity contribution in [2.24, 2.45) is 0 Å². The Morgan fingerprint density at radius 3 is 3.00 bits per heavy atom. The van der Waals surface area contributed by atoms with E-state index in [0.717, 1.165) is 39.9 Å². The Kier molecular flexibility index (Phi) is 2.84. The zero-order valence-electron chi connectivity index (χ0n) is 9.70. The molecule has 1 atom stereocenters. The highest BCUT2D eigenvalue weighted by Gasteiger charge is 2.20. The molecular formula is C13H14BrN3. The number of fused-ring (bicyclic) bond motifs is 1. The zero-order chi connectivity index (χ0) is 11.8. The van der Waals surface area contributed by atoms with Gasteiger partial charge >= 0.3 is 0 Å². The summed E-state index contributed by atoms with van der Waals surface area (Å²) in [6.07, 6.45) is 2.39. The highest BCUT2D eigenvalue weighted by atomic mass is 79.9. The van der Waals surface area contributed by atoms with E-state index >= 15 is 0 Å². The van der Waals surface area contributed by atoms with E-state index < -0.39 is 0 Å². The minimum atomic E-state index is 0.383. The monoisotopic (exact) mass is 291 g/mol. The van der Waals surface area contributed by atoms with Gasteiger partial charge in [-0.05, 0) is 44.5 Å². The number of nitrogens with zero attached hydrogens (tertiary/aromatic N) is 2. The van der Waals surface area contributed by atoms with Crippen LogP contribution in [0.1, 0.15) is 30.4 Å². The summed E-state index contributed by atoms with van der Waals surface area (Å²) < 4.78 is 1.08. The van der Waals surface area contributed by atoms with E-state index in [-0.39, 0.29) is 0 Å². The van der Waals surface area contributed by atoms with Crippen LogP contribution < -0.4 is 5.32 Å². The van der Waals surface area contributed by atoms with Gasteiger partial charge in [0.2, 0.25) is 0 Å². The lowest BCUT2D eigenvalue weighted by Crippen LogP contribution is -2.15. The number of aromatic nitrogens is 2. The normalized spacial score (nSPS) is 20.0. The molecule has 2 aromatic rings. The summed E-state index contributed by atoms with van der Waals surface area (Å²) in [6.45, 7) is 3.04. The highest BCUT2D eigenvalue weighted by molar-refractivity contribution is 9.10. The second kappa shape index (κ2) is 4.35. The van der Waals surface area contributed by atoms with Crippen molar-refractivity contribution >= 4 is 26.8 Å². The fourth-order valence-corrected chi connectivity index (χ4v) is 2.79. The second-order valence-corrected chi connectivity index (χ2v) is 5.38. The Labute approximate surface area is 109 Å². The molecule has 1 aromatic carbocycles. The van der Waals surface area contributed by atoms with Crippen LogP contribution in [0.4, 0.5) is 0 Å². The van der Waals surface area contributed by atoms with Gasteiger partial charge in [0.15, 0.2) is 0 Å². The first kappa shape index (κ1) is 11.1. The van der Waals surface area contributed by atoms with Gasteiger partial charge in [0.1, 0.15) is 5.82 Å². The molecule has 0 saturated carbocycles. The molecule has 3 nitrogen and oxygen atoms in total. The lowest BCUT2D eigenvalue weighted by atomic mass is 10.1. The Morgan fingerprint density at radius 2 is 2.24 bits per heavy atom. The van der Waals surface area contributed by atoms with Gasteiger partial charge in [-0.2, -0.15) is 0 Å². The van der Waals surface area contributed by atoms with Crippen LogP contribution in [0.2, 0.25) is 0 Å². The van der Waals surface area contributed by atoms with E-state index in [9.17, 15) is 0 Å². The summed E-state index contributed by atoms with van der Waals surface area (Å²) in [5.74, 6) is 0.850. The van der Waals surface area contributed by atoms with Crippen molar-refractivity contribution in [2.75, 3.05) is 6.54 Å². The largest absolute Gasteiger partial charge is 0.309 e. The minimum Gasteiger partial charge on any atom is -0.309 e. The SMILES string of the molecule is Cc1nc(C2CCCN2)c2cc(Br)ccc2n1. The number of nitrogens with one attached hydrogen (secondary N) is 1. The number of aryl methyl sites for hydroxylation is 1. The molecule has 88 valence electrons. The van der Waals surface area contributed by atoms with Crippen LogP contribution in [0, 0.1) is 6.92 Å². The van der Waals surface area contributed by atoms with Gasteiger partial charge in [0, 0.05) is 9.86 Å². The number of rotatable bonds is 1. The number of benzene rings is 1. The number of hydrogen-bond acceptors (Lipinski definition) is 3. The molecule has 0 radical (unpaired) electrons. The van der Waals surface area contributed by atoms with Gasteiger partial charge in [-0.15, -0.1) is 0 Å². The molecule has 1 saturated heterocycles. The van der Waals surface area contributed by atoms with Crippen LogP contribution in [0.15, 0.2) is 22.7 Å². The maximum absolute atomic E-state index is 4.63. The molecular weight excluding hydrogens is 278 g/mol. The van der Waals surface area contributed by atoms with Crippen molar-refractivity contribution < 1.29 is 0 Å². The quantitative estimate of drug-likeness (QED) is 0.877. The molecule has 1 fully saturated rings. The molecule has 1 aromatic heterocycles. The first-order valence-electron chi connectivity index (χ1n) is 5.91. The topological polar surface area (TPSA) is 37.8 Å². The maximum atomic E-state index is 4.63. The van der Waals surface area contributed by atoms with E-state index in [2.05, 4.69) is 37.3 Å². The van der Waals surface area contributed by atoms with E-state index in [1.807, 2.05) is 19.1 Å². The van der Waals surface area contributed by atoms with Crippen LogP contribution in [0.5, 0.6) is 0 Å². The second-order valence-electron chi connectivity index (χ2n) is 4.47. The molecule has 1 aliphatic heterocycles. The molecule has 2 heterocycles. The standard InChI is InChI=1S/C13H14BrN3/c1-8-16-11-5-4-9(14)7-10(11)13(17-8)12-3-2-6-15-12/h4-5,7,12,15H,2-3,6H2,1H3. The van der Waals surface area contributed by atoms with Crippen molar-refractivity contribution in [3.63, 3.8) is 0 Å². The molecule has 0 bridgehead atoms. The van der Waals surface area contributed by atoms with Crippen molar-refractivity contribution in [2.45, 2.75) is 25.8 Å². The molecule has 1 aliphatic rings. The molecule has 17 heavy (non-hydrogen) atoms. The number of halogens is 1. The predicted octanol–water partition coefficient (Wildman–Crippen LogP) is 3.13. The van der Waals surface area contributed by atoms with Crippen LogP contribution >= 0.6 is 15.9 Å². The van der Waals surface area contributed by atoms with E-state index in [0.29, 0.717) is 6.04 Å². The van der Waals surface area contributed by atoms with E-state index in [1.54, 1.807) is 0 Å². The van der Waals surface area contributed by atoms with Gasteiger partial charge in [-0.3, -0.25) is 0 Å². The molecule has 0 aliphatic carbocycles. The Morgan fingerprint density at radius 1 is 1.35 bits per heavy atom. The molecule has 1 N–H and O–H groups in total. The van der Waals surface area contributed by atoms with E-state index in [1.165, 1.54) is 6.42 Å². The Bertz CT molecular complexity index is 562. The van der Waals surface area contributed by atoms with Gasteiger partial charge in [0.25, 0.3) is 0 Å². The van der Waals surface area contributed by atoms with Crippen molar-refractivity contribution in [3.8, 4) is 0 Å². The van der Waals surface area contributed by atoms with E-state index in [4.69, 9.17) is 0 Å². The fourth-order valence-electron chi connectivity index (χ4n) is 2.43. The highest BCUT2D eigenvalue weighted by Crippen LogP contribution is 2.29. The summed E-state index contributed by atoms with van der Waals surface area (Å²) >= 11 is 3.52. The summed E-state index contributed by atoms with van der Waals surface area (Å²) in [5, 5.41) is 4.66. The third kappa shape index (κ3) is 2.07. The Hall–Kier alpha value is -1.00. The van der Waals surface area contributed by atoms with Crippen molar-refractivity contribution in [1.29, 1.82) is 0 Å². The number of hydrogen-bond donors (Lipinski definition) is 1. The van der Waals surface area contributed by atoms with Crippen LogP contribution in [0.3, 0.4) is 0 Å². The first-order valence-corrected chi connectivity index (χ1v) is 6.70. The summed E-state index contributed by atoms with van der Waals surface area (Å²) in [7, 11) is 0. The lowest BCUT2D eigenvalue weighted by Gasteiger charge is -2.13. The molecule has 0 spiro atoms. The zero-order valence-corrected chi connectivity index (χ0v) is 11.3. The van der Waals surface area contributed by atoms with Crippen LogP contribution in [-0.4, -0.2) is 16.5 Å². The van der Waals surface area contributed by atoms with Crippen LogP contribution in [0.25, 0.3) is 10.9 Å². The summed E-state index contributed by atoms with van der Waals surface area (Å²) in [5.41, 5.74) is 2.18.